The van der Waals surface area contributed by atoms with Crippen molar-refractivity contribution < 1.29 is 9.53 Å². The summed E-state index contributed by atoms with van der Waals surface area (Å²) in [5, 5.41) is 3.09. The van der Waals surface area contributed by atoms with Crippen molar-refractivity contribution in [2.24, 2.45) is 5.41 Å². The molecule has 0 bridgehead atoms. The Hall–Kier alpha value is -1.75. The first kappa shape index (κ1) is 16.7. The van der Waals surface area contributed by atoms with Gasteiger partial charge in [-0.05, 0) is 62.9 Å². The quantitative estimate of drug-likeness (QED) is 0.914. The van der Waals surface area contributed by atoms with E-state index in [9.17, 15) is 4.79 Å². The van der Waals surface area contributed by atoms with Gasteiger partial charge in [0, 0.05) is 37.9 Å². The Morgan fingerprint density at radius 1 is 1.12 bits per heavy atom. The highest BCUT2D eigenvalue weighted by molar-refractivity contribution is 5.84. The van der Waals surface area contributed by atoms with E-state index >= 15 is 0 Å². The number of benzene rings is 1. The summed E-state index contributed by atoms with van der Waals surface area (Å²) in [7, 11) is 1.70. The van der Waals surface area contributed by atoms with Gasteiger partial charge < -0.3 is 15.0 Å². The zero-order chi connectivity index (χ0) is 17.3. The summed E-state index contributed by atoms with van der Waals surface area (Å²) in [5.74, 6) is 1.21. The van der Waals surface area contributed by atoms with Gasteiger partial charge in [0.15, 0.2) is 0 Å². The van der Waals surface area contributed by atoms with Crippen LogP contribution in [-0.4, -0.2) is 56.7 Å². The van der Waals surface area contributed by atoms with E-state index in [0.717, 1.165) is 57.7 Å². The number of carbonyl (C=O) groups excluding carboxylic acids is 1. The predicted octanol–water partition coefficient (Wildman–Crippen LogP) is 2.27. The summed E-state index contributed by atoms with van der Waals surface area (Å²) in [6, 6.07) is 9.00. The molecule has 3 saturated heterocycles. The summed E-state index contributed by atoms with van der Waals surface area (Å²) in [6.07, 6.45) is 5.61. The van der Waals surface area contributed by atoms with E-state index in [0.29, 0.717) is 11.9 Å². The van der Waals surface area contributed by atoms with Crippen molar-refractivity contribution in [2.45, 2.75) is 38.1 Å². The number of likely N-dealkylation sites (tertiary alicyclic amines) is 1. The summed E-state index contributed by atoms with van der Waals surface area (Å²) in [5.41, 5.74) is 1.19. The molecule has 1 aromatic carbocycles. The number of nitrogens with one attached hydrogen (secondary N) is 1. The molecule has 136 valence electrons. The third-order valence-electron chi connectivity index (χ3n) is 6.40. The van der Waals surface area contributed by atoms with E-state index in [1.807, 2.05) is 12.1 Å². The van der Waals surface area contributed by atoms with Crippen LogP contribution in [0.4, 0.5) is 5.69 Å². The zero-order valence-corrected chi connectivity index (χ0v) is 15.2. The first-order valence-corrected chi connectivity index (χ1v) is 9.62. The second kappa shape index (κ2) is 6.87. The van der Waals surface area contributed by atoms with Crippen molar-refractivity contribution in [3.05, 3.63) is 24.3 Å². The molecular formula is C20H29N3O2. The Morgan fingerprint density at radius 3 is 2.56 bits per heavy atom. The minimum absolute atomic E-state index is 0.0919. The lowest BCUT2D eigenvalue weighted by molar-refractivity contribution is -0.132. The van der Waals surface area contributed by atoms with E-state index < -0.39 is 0 Å². The molecule has 1 N–H and O–H groups in total. The third kappa shape index (κ3) is 3.22. The van der Waals surface area contributed by atoms with E-state index in [4.69, 9.17) is 4.74 Å². The Bertz CT molecular complexity index is 610. The molecule has 1 spiro atoms. The second-order valence-corrected chi connectivity index (χ2v) is 7.78. The van der Waals surface area contributed by atoms with Gasteiger partial charge in [-0.25, -0.2) is 0 Å². The summed E-state index contributed by atoms with van der Waals surface area (Å²) in [6.45, 7) is 5.09. The molecular weight excluding hydrogens is 314 g/mol. The molecule has 0 aromatic heterocycles. The summed E-state index contributed by atoms with van der Waals surface area (Å²) >= 11 is 0. The number of hydrogen-bond acceptors (Lipinski definition) is 4. The van der Waals surface area contributed by atoms with Crippen LogP contribution in [0.5, 0.6) is 5.75 Å². The van der Waals surface area contributed by atoms with Crippen molar-refractivity contribution in [3.8, 4) is 5.75 Å². The molecule has 4 rings (SSSR count). The maximum Gasteiger partial charge on any atom is 0.227 e. The van der Waals surface area contributed by atoms with Crippen LogP contribution in [0.15, 0.2) is 24.3 Å². The summed E-state index contributed by atoms with van der Waals surface area (Å²) in [4.78, 5) is 17.4. The molecule has 0 aliphatic carbocycles. The molecule has 3 fully saturated rings. The normalized spacial score (nSPS) is 28.4. The Balaban J connectivity index is 1.33. The minimum atomic E-state index is -0.0919. The number of hydrogen-bond donors (Lipinski definition) is 1. The molecule has 1 amide bonds. The smallest absolute Gasteiger partial charge is 0.227 e. The second-order valence-electron chi connectivity index (χ2n) is 7.78. The Labute approximate surface area is 150 Å². The molecule has 5 heteroatoms. The molecule has 3 heterocycles. The van der Waals surface area contributed by atoms with Crippen LogP contribution in [0.25, 0.3) is 0 Å². The maximum absolute atomic E-state index is 12.4. The number of nitrogens with zero attached hydrogens (tertiary/aromatic N) is 2. The van der Waals surface area contributed by atoms with Gasteiger partial charge in [0.2, 0.25) is 5.91 Å². The van der Waals surface area contributed by atoms with Crippen LogP contribution in [0.3, 0.4) is 0 Å². The van der Waals surface area contributed by atoms with Gasteiger partial charge >= 0.3 is 0 Å². The maximum atomic E-state index is 12.4. The molecule has 5 nitrogen and oxygen atoms in total. The fraction of sp³-hybridized carbons (Fsp3) is 0.650. The molecule has 3 aliphatic rings. The van der Waals surface area contributed by atoms with E-state index in [2.05, 4.69) is 27.2 Å². The predicted molar refractivity (Wildman–Crippen MR) is 99.1 cm³/mol. The van der Waals surface area contributed by atoms with E-state index in [-0.39, 0.29) is 5.41 Å². The number of rotatable bonds is 3. The number of ether oxygens (including phenoxy) is 1. The van der Waals surface area contributed by atoms with Crippen molar-refractivity contribution in [2.75, 3.05) is 44.7 Å². The number of methoxy groups -OCH3 is 1. The van der Waals surface area contributed by atoms with E-state index in [1.165, 1.54) is 18.5 Å². The molecule has 1 atom stereocenters. The Kier molecular flexibility index (Phi) is 4.59. The number of piperidine rings is 2. The molecule has 0 saturated carbocycles. The van der Waals surface area contributed by atoms with Crippen LogP contribution in [0.1, 0.15) is 32.1 Å². The minimum Gasteiger partial charge on any atom is -0.497 e. The summed E-state index contributed by atoms with van der Waals surface area (Å²) < 4.78 is 5.25. The van der Waals surface area contributed by atoms with Gasteiger partial charge in [-0.3, -0.25) is 9.69 Å². The lowest BCUT2D eigenvalue weighted by atomic mass is 9.79. The monoisotopic (exact) mass is 343 g/mol. The van der Waals surface area contributed by atoms with E-state index in [1.54, 1.807) is 7.11 Å². The highest BCUT2D eigenvalue weighted by Gasteiger charge is 2.47. The van der Waals surface area contributed by atoms with Crippen molar-refractivity contribution in [1.29, 1.82) is 0 Å². The van der Waals surface area contributed by atoms with Crippen molar-refractivity contribution >= 4 is 11.6 Å². The highest BCUT2D eigenvalue weighted by atomic mass is 16.5. The van der Waals surface area contributed by atoms with Crippen molar-refractivity contribution in [3.63, 3.8) is 0 Å². The average Bonchev–Trinajstić information content (AvgIpc) is 3.10. The average molecular weight is 343 g/mol. The van der Waals surface area contributed by atoms with Crippen LogP contribution in [0.2, 0.25) is 0 Å². The van der Waals surface area contributed by atoms with Crippen LogP contribution >= 0.6 is 0 Å². The fourth-order valence-corrected chi connectivity index (χ4v) is 4.82. The standard InChI is InChI=1S/C20H29N3O2/c1-25-18-5-3-16(4-6-18)22-12-7-17(8-13-22)23-14-10-20(15-23)9-2-11-21-19(20)24/h3-6,17H,2,7-15H2,1H3,(H,21,24)/t20-/m0/s1. The first-order valence-electron chi connectivity index (χ1n) is 9.62. The van der Waals surface area contributed by atoms with Crippen LogP contribution < -0.4 is 15.0 Å². The molecule has 1 aromatic rings. The molecule has 3 aliphatic heterocycles. The van der Waals surface area contributed by atoms with Gasteiger partial charge in [0.25, 0.3) is 0 Å². The van der Waals surface area contributed by atoms with Gasteiger partial charge in [0.1, 0.15) is 5.75 Å². The highest BCUT2D eigenvalue weighted by Crippen LogP contribution is 2.39. The van der Waals surface area contributed by atoms with Crippen molar-refractivity contribution in [1.82, 2.24) is 10.2 Å². The van der Waals surface area contributed by atoms with Gasteiger partial charge in [-0.2, -0.15) is 0 Å². The first-order chi connectivity index (χ1) is 12.2. The largest absolute Gasteiger partial charge is 0.497 e. The topological polar surface area (TPSA) is 44.8 Å². The lowest BCUT2D eigenvalue weighted by Crippen LogP contribution is -2.49. The van der Waals surface area contributed by atoms with Gasteiger partial charge in [-0.1, -0.05) is 0 Å². The SMILES string of the molecule is COc1ccc(N2CCC(N3CC[C@@]4(CCCNC4=O)C3)CC2)cc1. The Morgan fingerprint density at radius 2 is 1.88 bits per heavy atom. The number of carbonyl (C=O) groups is 1. The molecule has 25 heavy (non-hydrogen) atoms. The van der Waals surface area contributed by atoms with Crippen LogP contribution in [0, 0.1) is 5.41 Å². The lowest BCUT2D eigenvalue weighted by Gasteiger charge is -2.39. The zero-order valence-electron chi connectivity index (χ0n) is 15.2. The number of amides is 1. The molecule has 0 unspecified atom stereocenters. The van der Waals surface area contributed by atoms with Gasteiger partial charge in [-0.15, -0.1) is 0 Å². The molecule has 0 radical (unpaired) electrons. The fourth-order valence-electron chi connectivity index (χ4n) is 4.82. The number of anilines is 1. The van der Waals surface area contributed by atoms with Gasteiger partial charge in [0.05, 0.1) is 12.5 Å². The third-order valence-corrected chi connectivity index (χ3v) is 6.40. The van der Waals surface area contributed by atoms with Crippen LogP contribution in [-0.2, 0) is 4.79 Å².